The van der Waals surface area contributed by atoms with Crippen LogP contribution in [0.1, 0.15) is 32.8 Å². The van der Waals surface area contributed by atoms with Gasteiger partial charge < -0.3 is 11.1 Å². The fourth-order valence-electron chi connectivity index (χ4n) is 1.74. The summed E-state index contributed by atoms with van der Waals surface area (Å²) in [7, 11) is 1.94. The minimum absolute atomic E-state index is 0.0600. The molecule has 1 aromatic carbocycles. The topological polar surface area (TPSA) is 58.4 Å². The summed E-state index contributed by atoms with van der Waals surface area (Å²) in [6, 6.07) is 7.73. The number of hydrogen-bond donors (Lipinski definition) is 2. The average Bonchev–Trinajstić information content (AvgIpc) is 2.31. The molecule has 0 aliphatic heterocycles. The molecule has 0 radical (unpaired) electrons. The number of carbonyl (C=O) groups excluding carboxylic acids is 1. The SMILES string of the molecule is CCC(C)(C)NC(=O)CN(C)Cc1ccc(N)cc1. The highest BCUT2D eigenvalue weighted by Crippen LogP contribution is 2.09. The summed E-state index contributed by atoms with van der Waals surface area (Å²) in [4.78, 5) is 13.9. The lowest BCUT2D eigenvalue weighted by Crippen LogP contribution is -2.46. The number of nitrogens with two attached hydrogens (primary N) is 1. The van der Waals surface area contributed by atoms with Crippen LogP contribution in [-0.4, -0.2) is 29.9 Å². The second-order valence-corrected chi connectivity index (χ2v) is 5.70. The zero-order chi connectivity index (χ0) is 14.5. The molecule has 0 saturated heterocycles. The third-order valence-corrected chi connectivity index (χ3v) is 3.21. The third-order valence-electron chi connectivity index (χ3n) is 3.21. The first-order valence-corrected chi connectivity index (χ1v) is 6.66. The minimum Gasteiger partial charge on any atom is -0.399 e. The van der Waals surface area contributed by atoms with Crippen molar-refractivity contribution in [3.63, 3.8) is 0 Å². The first-order valence-electron chi connectivity index (χ1n) is 6.66. The fourth-order valence-corrected chi connectivity index (χ4v) is 1.74. The van der Waals surface area contributed by atoms with Crippen LogP contribution >= 0.6 is 0 Å². The molecule has 0 saturated carbocycles. The van der Waals surface area contributed by atoms with Crippen LogP contribution in [0.3, 0.4) is 0 Å². The van der Waals surface area contributed by atoms with E-state index in [4.69, 9.17) is 5.73 Å². The Morgan fingerprint density at radius 2 is 1.89 bits per heavy atom. The number of carbonyl (C=O) groups is 1. The van der Waals surface area contributed by atoms with E-state index in [1.54, 1.807) is 0 Å². The van der Waals surface area contributed by atoms with Gasteiger partial charge in [0.25, 0.3) is 0 Å². The number of likely N-dealkylation sites (N-methyl/N-ethyl adjacent to an activating group) is 1. The molecule has 1 rings (SSSR count). The molecule has 0 heterocycles. The van der Waals surface area contributed by atoms with Gasteiger partial charge in [-0.05, 0) is 45.0 Å². The lowest BCUT2D eigenvalue weighted by atomic mass is 10.0. The molecule has 0 spiro atoms. The normalized spacial score (nSPS) is 11.6. The number of benzene rings is 1. The maximum absolute atomic E-state index is 11.9. The summed E-state index contributed by atoms with van der Waals surface area (Å²) in [6.07, 6.45) is 0.917. The summed E-state index contributed by atoms with van der Waals surface area (Å²) >= 11 is 0. The molecular formula is C15H25N3O. The second kappa shape index (κ2) is 6.57. The monoisotopic (exact) mass is 263 g/mol. The highest BCUT2D eigenvalue weighted by Gasteiger charge is 2.18. The number of rotatable bonds is 6. The van der Waals surface area contributed by atoms with Crippen LogP contribution in [0.2, 0.25) is 0 Å². The Bertz CT molecular complexity index is 412. The molecule has 0 aromatic heterocycles. The molecule has 0 unspecified atom stereocenters. The Labute approximate surface area is 116 Å². The van der Waals surface area contributed by atoms with Gasteiger partial charge in [0.2, 0.25) is 5.91 Å². The van der Waals surface area contributed by atoms with Gasteiger partial charge in [0.15, 0.2) is 0 Å². The van der Waals surface area contributed by atoms with Crippen molar-refractivity contribution < 1.29 is 4.79 Å². The first-order chi connectivity index (χ1) is 8.82. The Morgan fingerprint density at radius 1 is 1.32 bits per heavy atom. The smallest absolute Gasteiger partial charge is 0.234 e. The van der Waals surface area contributed by atoms with Crippen molar-refractivity contribution in [2.75, 3.05) is 19.3 Å². The molecule has 19 heavy (non-hydrogen) atoms. The van der Waals surface area contributed by atoms with E-state index in [9.17, 15) is 4.79 Å². The number of anilines is 1. The van der Waals surface area contributed by atoms with Crippen LogP contribution in [0.25, 0.3) is 0 Å². The highest BCUT2D eigenvalue weighted by molar-refractivity contribution is 5.78. The summed E-state index contributed by atoms with van der Waals surface area (Å²) in [5.41, 5.74) is 7.42. The van der Waals surface area contributed by atoms with Gasteiger partial charge in [-0.3, -0.25) is 9.69 Å². The van der Waals surface area contributed by atoms with Crippen molar-refractivity contribution in [1.82, 2.24) is 10.2 Å². The Kier molecular flexibility index (Phi) is 5.36. The number of amides is 1. The van der Waals surface area contributed by atoms with Crippen LogP contribution in [0.4, 0.5) is 5.69 Å². The molecule has 106 valence electrons. The number of nitrogen functional groups attached to an aromatic ring is 1. The molecule has 0 aliphatic rings. The average molecular weight is 263 g/mol. The van der Waals surface area contributed by atoms with E-state index in [0.717, 1.165) is 24.2 Å². The molecule has 0 aliphatic carbocycles. The van der Waals surface area contributed by atoms with Gasteiger partial charge in [-0.15, -0.1) is 0 Å². The van der Waals surface area contributed by atoms with E-state index in [-0.39, 0.29) is 11.4 Å². The molecule has 3 N–H and O–H groups in total. The van der Waals surface area contributed by atoms with Gasteiger partial charge >= 0.3 is 0 Å². The minimum atomic E-state index is -0.140. The molecule has 0 bridgehead atoms. The second-order valence-electron chi connectivity index (χ2n) is 5.70. The van der Waals surface area contributed by atoms with E-state index in [0.29, 0.717) is 6.54 Å². The first kappa shape index (κ1) is 15.5. The zero-order valence-electron chi connectivity index (χ0n) is 12.4. The van der Waals surface area contributed by atoms with Gasteiger partial charge in [-0.2, -0.15) is 0 Å². The van der Waals surface area contributed by atoms with E-state index in [1.807, 2.05) is 50.1 Å². The van der Waals surface area contributed by atoms with E-state index in [1.165, 1.54) is 0 Å². The molecule has 4 nitrogen and oxygen atoms in total. The van der Waals surface area contributed by atoms with Crippen molar-refractivity contribution in [2.45, 2.75) is 39.3 Å². The maximum atomic E-state index is 11.9. The molecule has 4 heteroatoms. The molecule has 0 atom stereocenters. The van der Waals surface area contributed by atoms with Crippen LogP contribution in [0.15, 0.2) is 24.3 Å². The predicted octanol–water partition coefficient (Wildman–Crippen LogP) is 2.01. The van der Waals surface area contributed by atoms with Crippen LogP contribution in [-0.2, 0) is 11.3 Å². The van der Waals surface area contributed by atoms with Crippen LogP contribution in [0, 0.1) is 0 Å². The van der Waals surface area contributed by atoms with E-state index >= 15 is 0 Å². The quantitative estimate of drug-likeness (QED) is 0.772. The number of nitrogens with zero attached hydrogens (tertiary/aromatic N) is 1. The van der Waals surface area contributed by atoms with Crippen LogP contribution in [0.5, 0.6) is 0 Å². The number of hydrogen-bond acceptors (Lipinski definition) is 3. The molecule has 0 fully saturated rings. The zero-order valence-corrected chi connectivity index (χ0v) is 12.4. The molecule has 1 aromatic rings. The summed E-state index contributed by atoms with van der Waals surface area (Å²) < 4.78 is 0. The van der Waals surface area contributed by atoms with Gasteiger partial charge in [0.1, 0.15) is 0 Å². The van der Waals surface area contributed by atoms with Crippen molar-refractivity contribution in [3.8, 4) is 0 Å². The highest BCUT2D eigenvalue weighted by atomic mass is 16.2. The molecule has 1 amide bonds. The lowest BCUT2D eigenvalue weighted by Gasteiger charge is -2.26. The van der Waals surface area contributed by atoms with Crippen molar-refractivity contribution in [3.05, 3.63) is 29.8 Å². The fraction of sp³-hybridized carbons (Fsp3) is 0.533. The van der Waals surface area contributed by atoms with Gasteiger partial charge in [0.05, 0.1) is 6.54 Å². The largest absolute Gasteiger partial charge is 0.399 e. The van der Waals surface area contributed by atoms with Gasteiger partial charge in [0, 0.05) is 17.8 Å². The number of nitrogens with one attached hydrogen (secondary N) is 1. The Morgan fingerprint density at radius 3 is 2.42 bits per heavy atom. The van der Waals surface area contributed by atoms with E-state index in [2.05, 4.69) is 12.2 Å². The molecular weight excluding hydrogens is 238 g/mol. The summed E-state index contributed by atoms with van der Waals surface area (Å²) in [5.74, 6) is 0.0600. The predicted molar refractivity (Wildman–Crippen MR) is 79.7 cm³/mol. The standard InChI is InChI=1S/C15H25N3O/c1-5-15(2,3)17-14(19)11-18(4)10-12-6-8-13(16)9-7-12/h6-9H,5,10-11,16H2,1-4H3,(H,17,19). The summed E-state index contributed by atoms with van der Waals surface area (Å²) in [6.45, 7) is 7.27. The third kappa shape index (κ3) is 5.75. The van der Waals surface area contributed by atoms with Crippen molar-refractivity contribution >= 4 is 11.6 Å². The van der Waals surface area contributed by atoms with E-state index < -0.39 is 0 Å². The van der Waals surface area contributed by atoms with Gasteiger partial charge in [-0.1, -0.05) is 19.1 Å². The van der Waals surface area contributed by atoms with Crippen molar-refractivity contribution in [2.24, 2.45) is 0 Å². The Hall–Kier alpha value is -1.55. The van der Waals surface area contributed by atoms with Gasteiger partial charge in [-0.25, -0.2) is 0 Å². The van der Waals surface area contributed by atoms with Crippen molar-refractivity contribution in [1.29, 1.82) is 0 Å². The summed E-state index contributed by atoms with van der Waals surface area (Å²) in [5, 5.41) is 3.03. The maximum Gasteiger partial charge on any atom is 0.234 e. The van der Waals surface area contributed by atoms with Crippen LogP contribution < -0.4 is 11.1 Å². The Balaban J connectivity index is 2.44. The lowest BCUT2D eigenvalue weighted by molar-refractivity contribution is -0.123.